The van der Waals surface area contributed by atoms with Crippen molar-refractivity contribution in [2.24, 2.45) is 0 Å². The molecule has 2 aromatic rings. The maximum absolute atomic E-state index is 14.4. The van der Waals surface area contributed by atoms with E-state index in [9.17, 15) is 8.78 Å². The Morgan fingerprint density at radius 1 is 1.20 bits per heavy atom. The van der Waals surface area contributed by atoms with Crippen LogP contribution in [0.25, 0.3) is 10.9 Å². The summed E-state index contributed by atoms with van der Waals surface area (Å²) >= 11 is 0. The number of benzene rings is 1. The van der Waals surface area contributed by atoms with Gasteiger partial charge in [0.2, 0.25) is 0 Å². The highest BCUT2D eigenvalue weighted by Gasteiger charge is 2.18. The first-order valence-corrected chi connectivity index (χ1v) is 7.02. The first-order valence-electron chi connectivity index (χ1n) is 7.02. The third-order valence-corrected chi connectivity index (χ3v) is 3.56. The van der Waals surface area contributed by atoms with Crippen LogP contribution in [-0.4, -0.2) is 11.5 Å². The Balaban J connectivity index is 2.86. The number of pyridine rings is 1. The number of nitrogens with zero attached hydrogens (tertiary/aromatic N) is 1. The highest BCUT2D eigenvalue weighted by atomic mass is 19.1. The molecule has 1 heterocycles. The molecule has 20 heavy (non-hydrogen) atoms. The molecular formula is C16H20F2N2. The lowest BCUT2D eigenvalue weighted by Gasteiger charge is -2.17. The lowest BCUT2D eigenvalue weighted by Crippen LogP contribution is -2.08. The average molecular weight is 278 g/mol. The predicted octanol–water partition coefficient (Wildman–Crippen LogP) is 4.51. The van der Waals surface area contributed by atoms with Crippen LogP contribution in [-0.2, 0) is 6.42 Å². The molecule has 0 saturated carbocycles. The van der Waals surface area contributed by atoms with E-state index in [1.54, 1.807) is 6.92 Å². The molecule has 1 N–H and O–H groups in total. The molecule has 2 rings (SSSR count). The Morgan fingerprint density at radius 2 is 1.90 bits per heavy atom. The molecule has 4 heteroatoms. The molecule has 1 aromatic carbocycles. The molecule has 2 nitrogen and oxygen atoms in total. The van der Waals surface area contributed by atoms with Gasteiger partial charge in [-0.25, -0.2) is 13.8 Å². The quantitative estimate of drug-likeness (QED) is 0.889. The summed E-state index contributed by atoms with van der Waals surface area (Å²) in [6.45, 7) is 8.20. The number of aromatic nitrogens is 1. The maximum atomic E-state index is 14.4. The largest absolute Gasteiger partial charge is 0.384 e. The molecule has 0 amide bonds. The van der Waals surface area contributed by atoms with Crippen molar-refractivity contribution in [3.8, 4) is 0 Å². The fourth-order valence-corrected chi connectivity index (χ4v) is 2.45. The van der Waals surface area contributed by atoms with Gasteiger partial charge in [-0.3, -0.25) is 0 Å². The Bertz CT molecular complexity index is 651. The summed E-state index contributed by atoms with van der Waals surface area (Å²) in [6.07, 6.45) is 1.61. The number of nitrogens with one attached hydrogen (secondary N) is 1. The second-order valence-corrected chi connectivity index (χ2v) is 5.05. The topological polar surface area (TPSA) is 24.9 Å². The standard InChI is InChI=1S/C16H20F2N2/c1-5-7-19-15-10(4)12(6-2)20-16-11(17)8-9(3)14(18)13(15)16/h8H,5-7H2,1-4H3,(H,19,20). The second-order valence-electron chi connectivity index (χ2n) is 5.05. The van der Waals surface area contributed by atoms with E-state index in [-0.39, 0.29) is 10.9 Å². The van der Waals surface area contributed by atoms with E-state index in [1.807, 2.05) is 20.8 Å². The van der Waals surface area contributed by atoms with E-state index < -0.39 is 11.6 Å². The summed E-state index contributed by atoms with van der Waals surface area (Å²) in [5.41, 5.74) is 2.80. The number of halogens is 2. The molecule has 0 radical (unpaired) electrons. The minimum absolute atomic E-state index is 0.120. The van der Waals surface area contributed by atoms with Gasteiger partial charge in [0.1, 0.15) is 17.2 Å². The zero-order valence-corrected chi connectivity index (χ0v) is 12.4. The average Bonchev–Trinajstić information content (AvgIpc) is 2.43. The molecule has 0 aliphatic rings. The summed E-state index contributed by atoms with van der Waals surface area (Å²) < 4.78 is 28.6. The van der Waals surface area contributed by atoms with Crippen LogP contribution in [0.2, 0.25) is 0 Å². The number of rotatable bonds is 4. The Morgan fingerprint density at radius 3 is 2.50 bits per heavy atom. The molecule has 0 atom stereocenters. The summed E-state index contributed by atoms with van der Waals surface area (Å²) in [5, 5.41) is 3.50. The summed E-state index contributed by atoms with van der Waals surface area (Å²) in [5.74, 6) is -0.855. The van der Waals surface area contributed by atoms with Crippen molar-refractivity contribution in [2.45, 2.75) is 40.5 Å². The van der Waals surface area contributed by atoms with Crippen molar-refractivity contribution in [3.05, 3.63) is 34.5 Å². The van der Waals surface area contributed by atoms with Gasteiger partial charge < -0.3 is 5.32 Å². The molecule has 1 aromatic heterocycles. The van der Waals surface area contributed by atoms with E-state index in [0.717, 1.165) is 24.2 Å². The van der Waals surface area contributed by atoms with Gasteiger partial charge in [0.25, 0.3) is 0 Å². The fraction of sp³-hybridized carbons (Fsp3) is 0.438. The van der Waals surface area contributed by atoms with Crippen LogP contribution in [0.1, 0.15) is 37.1 Å². The monoisotopic (exact) mass is 278 g/mol. The minimum atomic E-state index is -0.465. The van der Waals surface area contributed by atoms with E-state index in [2.05, 4.69) is 10.3 Å². The number of fused-ring (bicyclic) bond motifs is 1. The third kappa shape index (κ3) is 2.35. The Kier molecular flexibility index (Phi) is 4.21. The number of hydrogen-bond acceptors (Lipinski definition) is 2. The van der Waals surface area contributed by atoms with Gasteiger partial charge in [-0.05, 0) is 43.9 Å². The van der Waals surface area contributed by atoms with Gasteiger partial charge in [-0.15, -0.1) is 0 Å². The minimum Gasteiger partial charge on any atom is -0.384 e. The molecule has 0 saturated heterocycles. The molecule has 0 aliphatic heterocycles. The lowest BCUT2D eigenvalue weighted by atomic mass is 10.0. The van der Waals surface area contributed by atoms with E-state index in [4.69, 9.17) is 0 Å². The van der Waals surface area contributed by atoms with Crippen molar-refractivity contribution >= 4 is 16.6 Å². The maximum Gasteiger partial charge on any atom is 0.149 e. The third-order valence-electron chi connectivity index (χ3n) is 3.56. The van der Waals surface area contributed by atoms with Crippen LogP contribution in [0.5, 0.6) is 0 Å². The molecule has 0 bridgehead atoms. The summed E-state index contributed by atoms with van der Waals surface area (Å²) in [6, 6.07) is 1.21. The number of aryl methyl sites for hydroxylation is 2. The Labute approximate surface area is 118 Å². The van der Waals surface area contributed by atoms with Crippen molar-refractivity contribution in [1.82, 2.24) is 4.98 Å². The number of hydrogen-bond donors (Lipinski definition) is 1. The number of anilines is 1. The zero-order chi connectivity index (χ0) is 14.9. The van der Waals surface area contributed by atoms with Crippen LogP contribution in [0.15, 0.2) is 6.07 Å². The summed E-state index contributed by atoms with van der Waals surface area (Å²) in [7, 11) is 0. The van der Waals surface area contributed by atoms with Gasteiger partial charge in [-0.2, -0.15) is 0 Å². The van der Waals surface area contributed by atoms with E-state index in [0.29, 0.717) is 17.7 Å². The van der Waals surface area contributed by atoms with Gasteiger partial charge in [-0.1, -0.05) is 13.8 Å². The predicted molar refractivity (Wildman–Crippen MR) is 79.3 cm³/mol. The lowest BCUT2D eigenvalue weighted by molar-refractivity contribution is 0.607. The molecule has 108 valence electrons. The first kappa shape index (κ1) is 14.7. The Hall–Kier alpha value is -1.71. The zero-order valence-electron chi connectivity index (χ0n) is 12.4. The smallest absolute Gasteiger partial charge is 0.149 e. The summed E-state index contributed by atoms with van der Waals surface area (Å²) in [4.78, 5) is 4.31. The van der Waals surface area contributed by atoms with Crippen LogP contribution in [0.3, 0.4) is 0 Å². The van der Waals surface area contributed by atoms with Gasteiger partial charge in [0, 0.05) is 12.2 Å². The SMILES string of the molecule is CCCNc1c(C)c(CC)nc2c(F)cc(C)c(F)c12. The molecule has 0 fully saturated rings. The van der Waals surface area contributed by atoms with E-state index >= 15 is 0 Å². The van der Waals surface area contributed by atoms with Crippen LogP contribution >= 0.6 is 0 Å². The van der Waals surface area contributed by atoms with Crippen molar-refractivity contribution in [3.63, 3.8) is 0 Å². The van der Waals surface area contributed by atoms with Gasteiger partial charge in [0.05, 0.1) is 11.1 Å². The first-order chi connectivity index (χ1) is 9.51. The van der Waals surface area contributed by atoms with Gasteiger partial charge >= 0.3 is 0 Å². The molecule has 0 aliphatic carbocycles. The molecule has 0 unspecified atom stereocenters. The van der Waals surface area contributed by atoms with Crippen LogP contribution < -0.4 is 5.32 Å². The fourth-order valence-electron chi connectivity index (χ4n) is 2.45. The van der Waals surface area contributed by atoms with E-state index in [1.165, 1.54) is 6.07 Å². The van der Waals surface area contributed by atoms with Crippen molar-refractivity contribution in [1.29, 1.82) is 0 Å². The van der Waals surface area contributed by atoms with Crippen LogP contribution in [0, 0.1) is 25.5 Å². The van der Waals surface area contributed by atoms with Gasteiger partial charge in [0.15, 0.2) is 0 Å². The van der Waals surface area contributed by atoms with Crippen molar-refractivity contribution in [2.75, 3.05) is 11.9 Å². The highest BCUT2D eigenvalue weighted by molar-refractivity contribution is 5.94. The van der Waals surface area contributed by atoms with Crippen LogP contribution in [0.4, 0.5) is 14.5 Å². The molecular weight excluding hydrogens is 258 g/mol. The molecule has 0 spiro atoms. The highest BCUT2D eigenvalue weighted by Crippen LogP contribution is 2.33. The second kappa shape index (κ2) is 5.73. The normalized spacial score (nSPS) is 11.1. The van der Waals surface area contributed by atoms with Crippen molar-refractivity contribution < 1.29 is 8.78 Å².